The van der Waals surface area contributed by atoms with Crippen LogP contribution in [0.5, 0.6) is 0 Å². The molecule has 2 aromatic rings. The Labute approximate surface area is 179 Å². The van der Waals surface area contributed by atoms with Crippen LogP contribution in [0.1, 0.15) is 29.5 Å². The van der Waals surface area contributed by atoms with E-state index in [1.54, 1.807) is 0 Å². The lowest BCUT2D eigenvalue weighted by atomic mass is 10.1. The second kappa shape index (κ2) is 9.43. The normalized spacial score (nSPS) is 20.4. The Morgan fingerprint density at radius 1 is 0.900 bits per heavy atom. The van der Waals surface area contributed by atoms with Gasteiger partial charge in [0.15, 0.2) is 0 Å². The number of carbonyl (C=O) groups excluding carboxylic acids is 2. The Bertz CT molecular complexity index is 866. The first-order valence-corrected chi connectivity index (χ1v) is 11.0. The molecule has 30 heavy (non-hydrogen) atoms. The maximum absolute atomic E-state index is 13.1. The fourth-order valence-corrected chi connectivity index (χ4v) is 4.45. The van der Waals surface area contributed by atoms with E-state index in [0.717, 1.165) is 44.7 Å². The molecule has 0 bridgehead atoms. The number of likely N-dealkylation sites (tertiary alicyclic amines) is 1. The van der Waals surface area contributed by atoms with Gasteiger partial charge in [0.1, 0.15) is 0 Å². The molecule has 5 nitrogen and oxygen atoms in total. The quantitative estimate of drug-likeness (QED) is 0.768. The van der Waals surface area contributed by atoms with Gasteiger partial charge < -0.3 is 9.80 Å². The summed E-state index contributed by atoms with van der Waals surface area (Å²) in [6.45, 7) is 7.53. The summed E-state index contributed by atoms with van der Waals surface area (Å²) >= 11 is 0. The third-order valence-electron chi connectivity index (χ3n) is 6.21. The molecule has 2 aliphatic heterocycles. The standard InChI is InChI=1S/C25H31N3O2/c1-20-8-10-22(11-9-20)18-28-19-23(16-24(28)29)25(30)27-13-5-12-26(14-15-27)17-21-6-3-2-4-7-21/h2-4,6-11,23H,5,12-19H2,1H3. The van der Waals surface area contributed by atoms with Gasteiger partial charge in [0.05, 0.1) is 5.92 Å². The molecular formula is C25H31N3O2. The SMILES string of the molecule is Cc1ccc(CN2CC(C(=O)N3CCCN(Cc4ccccc4)CC3)CC2=O)cc1. The zero-order valence-corrected chi connectivity index (χ0v) is 17.8. The first kappa shape index (κ1) is 20.6. The van der Waals surface area contributed by atoms with Crippen molar-refractivity contribution in [3.8, 4) is 0 Å². The molecule has 2 fully saturated rings. The van der Waals surface area contributed by atoms with Crippen LogP contribution in [0.3, 0.4) is 0 Å². The van der Waals surface area contributed by atoms with E-state index in [1.165, 1.54) is 11.1 Å². The first-order valence-electron chi connectivity index (χ1n) is 11.0. The van der Waals surface area contributed by atoms with Crippen molar-refractivity contribution in [3.63, 3.8) is 0 Å². The molecule has 2 saturated heterocycles. The van der Waals surface area contributed by atoms with Gasteiger partial charge in [-0.2, -0.15) is 0 Å². The largest absolute Gasteiger partial charge is 0.341 e. The minimum atomic E-state index is -0.205. The summed E-state index contributed by atoms with van der Waals surface area (Å²) in [6, 6.07) is 18.7. The predicted octanol–water partition coefficient (Wildman–Crippen LogP) is 3.08. The van der Waals surface area contributed by atoms with Crippen LogP contribution in [-0.4, -0.2) is 59.2 Å². The lowest BCUT2D eigenvalue weighted by Crippen LogP contribution is -2.39. The molecule has 1 atom stereocenters. The molecule has 1 unspecified atom stereocenters. The number of benzene rings is 2. The van der Waals surface area contributed by atoms with E-state index < -0.39 is 0 Å². The Morgan fingerprint density at radius 2 is 1.63 bits per heavy atom. The third-order valence-corrected chi connectivity index (χ3v) is 6.21. The van der Waals surface area contributed by atoms with Gasteiger partial charge in [-0.25, -0.2) is 0 Å². The molecule has 2 aromatic carbocycles. The summed E-state index contributed by atoms with van der Waals surface area (Å²) in [5.74, 6) is 0.0365. The van der Waals surface area contributed by atoms with Gasteiger partial charge >= 0.3 is 0 Å². The van der Waals surface area contributed by atoms with Crippen molar-refractivity contribution in [2.24, 2.45) is 5.92 Å². The molecule has 5 heteroatoms. The number of amides is 2. The second-order valence-electron chi connectivity index (χ2n) is 8.60. The van der Waals surface area contributed by atoms with E-state index in [1.807, 2.05) is 15.9 Å². The molecule has 0 N–H and O–H groups in total. The fourth-order valence-electron chi connectivity index (χ4n) is 4.45. The summed E-state index contributed by atoms with van der Waals surface area (Å²) in [4.78, 5) is 31.9. The number of hydrogen-bond acceptors (Lipinski definition) is 3. The Hall–Kier alpha value is -2.66. The minimum Gasteiger partial charge on any atom is -0.341 e. The number of rotatable bonds is 5. The van der Waals surface area contributed by atoms with Crippen LogP contribution in [0.2, 0.25) is 0 Å². The molecule has 2 heterocycles. The Morgan fingerprint density at radius 3 is 2.40 bits per heavy atom. The molecule has 0 aromatic heterocycles. The molecule has 2 amide bonds. The number of aryl methyl sites for hydroxylation is 1. The van der Waals surface area contributed by atoms with Crippen molar-refractivity contribution in [1.82, 2.24) is 14.7 Å². The van der Waals surface area contributed by atoms with Crippen molar-refractivity contribution >= 4 is 11.8 Å². The average molecular weight is 406 g/mol. The number of nitrogens with zero attached hydrogens (tertiary/aromatic N) is 3. The van der Waals surface area contributed by atoms with Crippen molar-refractivity contribution in [2.75, 3.05) is 32.7 Å². The molecule has 0 saturated carbocycles. The van der Waals surface area contributed by atoms with Crippen LogP contribution < -0.4 is 0 Å². The maximum Gasteiger partial charge on any atom is 0.228 e. The van der Waals surface area contributed by atoms with E-state index in [2.05, 4.69) is 60.4 Å². The van der Waals surface area contributed by atoms with E-state index >= 15 is 0 Å². The van der Waals surface area contributed by atoms with E-state index in [4.69, 9.17) is 0 Å². The lowest BCUT2D eigenvalue weighted by molar-refractivity contribution is -0.135. The van der Waals surface area contributed by atoms with Crippen molar-refractivity contribution in [2.45, 2.75) is 32.9 Å². The molecule has 0 spiro atoms. The van der Waals surface area contributed by atoms with Gasteiger partial charge in [-0.1, -0.05) is 60.2 Å². The molecule has 4 rings (SSSR count). The topological polar surface area (TPSA) is 43.9 Å². The summed E-state index contributed by atoms with van der Waals surface area (Å²) in [6.07, 6.45) is 1.32. The van der Waals surface area contributed by atoms with Crippen LogP contribution in [-0.2, 0) is 22.7 Å². The zero-order valence-electron chi connectivity index (χ0n) is 17.8. The maximum atomic E-state index is 13.1. The molecule has 158 valence electrons. The fraction of sp³-hybridized carbons (Fsp3) is 0.440. The molecule has 2 aliphatic rings. The minimum absolute atomic E-state index is 0.0921. The van der Waals surface area contributed by atoms with Gasteiger partial charge in [-0.15, -0.1) is 0 Å². The molecular weight excluding hydrogens is 374 g/mol. The van der Waals surface area contributed by atoms with Gasteiger partial charge in [-0.3, -0.25) is 14.5 Å². The third kappa shape index (κ3) is 5.08. The number of carbonyl (C=O) groups is 2. The van der Waals surface area contributed by atoms with Gasteiger partial charge in [0, 0.05) is 52.2 Å². The monoisotopic (exact) mass is 405 g/mol. The summed E-state index contributed by atoms with van der Waals surface area (Å²) in [5, 5.41) is 0. The van der Waals surface area contributed by atoms with Crippen LogP contribution in [0.25, 0.3) is 0 Å². The van der Waals surface area contributed by atoms with Crippen molar-refractivity contribution in [3.05, 3.63) is 71.3 Å². The molecule has 0 aliphatic carbocycles. The average Bonchev–Trinajstić information content (AvgIpc) is 2.96. The smallest absolute Gasteiger partial charge is 0.228 e. The highest BCUT2D eigenvalue weighted by Crippen LogP contribution is 2.23. The van der Waals surface area contributed by atoms with Crippen LogP contribution >= 0.6 is 0 Å². The highest BCUT2D eigenvalue weighted by atomic mass is 16.2. The first-order chi connectivity index (χ1) is 14.6. The Balaban J connectivity index is 1.31. The predicted molar refractivity (Wildman–Crippen MR) is 118 cm³/mol. The van der Waals surface area contributed by atoms with Crippen LogP contribution in [0.4, 0.5) is 0 Å². The van der Waals surface area contributed by atoms with E-state index in [9.17, 15) is 9.59 Å². The van der Waals surface area contributed by atoms with E-state index in [-0.39, 0.29) is 17.7 Å². The summed E-state index contributed by atoms with van der Waals surface area (Å²) < 4.78 is 0. The van der Waals surface area contributed by atoms with Crippen molar-refractivity contribution < 1.29 is 9.59 Å². The highest BCUT2D eigenvalue weighted by molar-refractivity contribution is 5.89. The van der Waals surface area contributed by atoms with E-state index in [0.29, 0.717) is 19.5 Å². The highest BCUT2D eigenvalue weighted by Gasteiger charge is 2.36. The molecule has 0 radical (unpaired) electrons. The van der Waals surface area contributed by atoms with Crippen molar-refractivity contribution in [1.29, 1.82) is 0 Å². The Kier molecular flexibility index (Phi) is 6.48. The zero-order chi connectivity index (χ0) is 20.9. The number of hydrogen-bond donors (Lipinski definition) is 0. The van der Waals surface area contributed by atoms with Gasteiger partial charge in [0.25, 0.3) is 0 Å². The lowest BCUT2D eigenvalue weighted by Gasteiger charge is -2.24. The summed E-state index contributed by atoms with van der Waals surface area (Å²) in [5.41, 5.74) is 3.64. The summed E-state index contributed by atoms with van der Waals surface area (Å²) in [7, 11) is 0. The van der Waals surface area contributed by atoms with Crippen LogP contribution in [0, 0.1) is 12.8 Å². The van der Waals surface area contributed by atoms with Gasteiger partial charge in [-0.05, 0) is 24.5 Å². The van der Waals surface area contributed by atoms with Gasteiger partial charge in [0.2, 0.25) is 11.8 Å². The second-order valence-corrected chi connectivity index (χ2v) is 8.60. The van der Waals surface area contributed by atoms with Crippen LogP contribution in [0.15, 0.2) is 54.6 Å².